The zero-order chi connectivity index (χ0) is 64.4. The number of carbonyl (C=O) groups is 2. The second-order valence-corrected chi connectivity index (χ2v) is 26.6. The van der Waals surface area contributed by atoms with Gasteiger partial charge in [0.15, 0.2) is 18.7 Å². The molecule has 0 bridgehead atoms. The first-order valence-corrected chi connectivity index (χ1v) is 35.9. The summed E-state index contributed by atoms with van der Waals surface area (Å²) in [6, 6.07) is 6.76. The molecule has 3 heterocycles. The Bertz CT molecular complexity index is 1940. The van der Waals surface area contributed by atoms with Crippen LogP contribution >= 0.6 is 11.8 Å². The molecule has 3 saturated heterocycles. The first-order chi connectivity index (χ1) is 43.3. The molecule has 17 atom stereocenters. The first-order valence-electron chi connectivity index (χ1n) is 35.0. The highest BCUT2D eigenvalue weighted by molar-refractivity contribution is 8.00. The summed E-state index contributed by atoms with van der Waals surface area (Å²) in [6.07, 6.45) is 24.1. The highest BCUT2D eigenvalue weighted by Gasteiger charge is 2.55. The van der Waals surface area contributed by atoms with E-state index in [0.29, 0.717) is 18.2 Å². The SMILES string of the molecule is CCCCCCCCCCCCC/C=C/[C@@H](O)[C@H](CO[C@@H]1O[C@H](CO)[C@@H](O[C@@H]2O[C@H](CO)[C@H](O)[C@H](S[C@H]3O[C@H](CO)[C@H](O)[C@H](O)[C@H]3O)[C@H]2OC(=O)c2ccccc2)[C@H](O)[C@H]1O)NC(=O)CCCCCCCCCCCCCCCCCCCCCCCCC. The maximum absolute atomic E-state index is 13.7. The number of hydrogen-bond donors (Lipinski definition) is 11. The Morgan fingerprint density at radius 2 is 0.966 bits per heavy atom. The molecule has 11 N–H and O–H groups in total. The Labute approximate surface area is 537 Å². The van der Waals surface area contributed by atoms with E-state index in [2.05, 4.69) is 19.2 Å². The molecule has 1 aromatic carbocycles. The van der Waals surface area contributed by atoms with E-state index in [1.165, 1.54) is 185 Å². The van der Waals surface area contributed by atoms with Gasteiger partial charge in [-0.3, -0.25) is 4.79 Å². The fourth-order valence-electron chi connectivity index (χ4n) is 12.1. The highest BCUT2D eigenvalue weighted by Crippen LogP contribution is 2.41. The van der Waals surface area contributed by atoms with Gasteiger partial charge in [-0.2, -0.15) is 0 Å². The molecule has 0 radical (unpaired) electrons. The predicted octanol–water partition coefficient (Wildman–Crippen LogP) is 9.52. The van der Waals surface area contributed by atoms with E-state index in [9.17, 15) is 60.7 Å². The minimum Gasteiger partial charge on any atom is -0.452 e. The quantitative estimate of drug-likeness (QED) is 0.0164. The van der Waals surface area contributed by atoms with Crippen LogP contribution in [0.15, 0.2) is 42.5 Å². The number of benzene rings is 1. The summed E-state index contributed by atoms with van der Waals surface area (Å²) in [7, 11) is 0. The maximum Gasteiger partial charge on any atom is 0.338 e. The monoisotopic (exact) mass is 1280 g/mol. The van der Waals surface area contributed by atoms with E-state index in [1.807, 2.05) is 6.08 Å². The van der Waals surface area contributed by atoms with Crippen LogP contribution in [0, 0.1) is 0 Å². The van der Waals surface area contributed by atoms with E-state index < -0.39 is 128 Å². The lowest BCUT2D eigenvalue weighted by atomic mass is 9.97. The van der Waals surface area contributed by atoms with Crippen molar-refractivity contribution in [3.8, 4) is 0 Å². The largest absolute Gasteiger partial charge is 0.452 e. The molecule has 3 fully saturated rings. The average molecular weight is 1280 g/mol. The summed E-state index contributed by atoms with van der Waals surface area (Å²) in [5.41, 5.74) is -1.39. The molecule has 0 unspecified atom stereocenters. The number of allylic oxidation sites excluding steroid dienone is 1. The average Bonchev–Trinajstić information content (AvgIpc) is 0.893. The third-order valence-electron chi connectivity index (χ3n) is 17.8. The number of esters is 1. The molecule has 0 aromatic heterocycles. The van der Waals surface area contributed by atoms with Crippen molar-refractivity contribution in [2.45, 2.75) is 348 Å². The Hall–Kier alpha value is -2.35. The standard InChI is InChI=1S/C69H121NO18S/c1-3-5-7-9-11-13-15-17-18-19-20-21-22-23-24-25-26-28-30-32-34-36-41-45-56(75)70-51(52(74)44-40-35-33-31-29-27-16-14-12-10-8-6-4-2)49-83-67-61(80)60(79)63(55(48-73)85-67)88-68-64(87-66(82)50-42-38-37-39-43-50)65(58(77)54(47-72)84-68)89-69-62(81)59(78)57(76)53(46-71)86-69/h37-40,42-44,51-55,57-65,67-69,71-74,76-81H,3-36,41,45-49H2,1-2H3,(H,70,75)/b44-40+/t51-,52+,53+,54+,55+,57-,58-,59-,60+,61+,62+,63+,64+,65-,67+,68-,69+/m0/s1. The van der Waals surface area contributed by atoms with Crippen LogP contribution in [0.1, 0.15) is 255 Å². The van der Waals surface area contributed by atoms with Crippen LogP contribution < -0.4 is 5.32 Å². The summed E-state index contributed by atoms with van der Waals surface area (Å²) in [5.74, 6) is -1.21. The number of nitrogens with one attached hydrogen (secondary N) is 1. The number of aliphatic hydroxyl groups is 10. The molecule has 3 aliphatic heterocycles. The predicted molar refractivity (Wildman–Crippen MR) is 346 cm³/mol. The number of carbonyl (C=O) groups excluding carboxylic acids is 2. The van der Waals surface area contributed by atoms with Gasteiger partial charge in [0, 0.05) is 6.42 Å². The lowest BCUT2D eigenvalue weighted by Gasteiger charge is -2.48. The molecule has 516 valence electrons. The van der Waals surface area contributed by atoms with E-state index in [0.717, 1.165) is 44.9 Å². The van der Waals surface area contributed by atoms with Crippen LogP contribution in [-0.2, 0) is 33.2 Å². The number of amides is 1. The van der Waals surface area contributed by atoms with Crippen LogP contribution in [0.2, 0.25) is 0 Å². The van der Waals surface area contributed by atoms with Crippen LogP contribution in [0.4, 0.5) is 0 Å². The summed E-state index contributed by atoms with van der Waals surface area (Å²) >= 11 is 0.644. The minimum absolute atomic E-state index is 0.0713. The number of unbranched alkanes of at least 4 members (excludes halogenated alkanes) is 33. The summed E-state index contributed by atoms with van der Waals surface area (Å²) in [6.45, 7) is 1.73. The van der Waals surface area contributed by atoms with Gasteiger partial charge in [-0.1, -0.05) is 250 Å². The maximum atomic E-state index is 13.7. The van der Waals surface area contributed by atoms with Gasteiger partial charge in [0.05, 0.1) is 55.5 Å². The fourth-order valence-corrected chi connectivity index (χ4v) is 13.6. The number of ether oxygens (including phenoxy) is 6. The van der Waals surface area contributed by atoms with Gasteiger partial charge in [0.25, 0.3) is 0 Å². The van der Waals surface area contributed by atoms with Crippen molar-refractivity contribution in [3.05, 3.63) is 48.0 Å². The lowest BCUT2D eigenvalue weighted by Crippen LogP contribution is -2.65. The molecule has 19 nitrogen and oxygen atoms in total. The van der Waals surface area contributed by atoms with Crippen molar-refractivity contribution in [2.24, 2.45) is 0 Å². The number of rotatable bonds is 51. The van der Waals surface area contributed by atoms with Crippen molar-refractivity contribution in [1.29, 1.82) is 0 Å². The number of thioether (sulfide) groups is 1. The van der Waals surface area contributed by atoms with Crippen LogP contribution in [-0.4, -0.2) is 192 Å². The molecule has 89 heavy (non-hydrogen) atoms. The summed E-state index contributed by atoms with van der Waals surface area (Å²) in [4.78, 5) is 27.2. The number of aliphatic hydroxyl groups excluding tert-OH is 10. The van der Waals surface area contributed by atoms with E-state index in [1.54, 1.807) is 24.3 Å². The summed E-state index contributed by atoms with van der Waals surface area (Å²) < 4.78 is 36.0. The van der Waals surface area contributed by atoms with Gasteiger partial charge in [-0.15, -0.1) is 11.8 Å². The van der Waals surface area contributed by atoms with Gasteiger partial charge in [-0.05, 0) is 31.4 Å². The Morgan fingerprint density at radius 3 is 1.45 bits per heavy atom. The van der Waals surface area contributed by atoms with Crippen molar-refractivity contribution in [1.82, 2.24) is 5.32 Å². The van der Waals surface area contributed by atoms with Crippen molar-refractivity contribution >= 4 is 23.6 Å². The molecule has 20 heteroatoms. The zero-order valence-corrected chi connectivity index (χ0v) is 55.1. The zero-order valence-electron chi connectivity index (χ0n) is 54.3. The fraction of sp³-hybridized carbons (Fsp3) is 0.855. The molecule has 0 spiro atoms. The minimum atomic E-state index is -1.90. The van der Waals surface area contributed by atoms with Crippen molar-refractivity contribution in [3.63, 3.8) is 0 Å². The molecule has 3 aliphatic rings. The van der Waals surface area contributed by atoms with Crippen LogP contribution in [0.5, 0.6) is 0 Å². The van der Waals surface area contributed by atoms with Crippen molar-refractivity contribution < 1.29 is 89.1 Å². The topological polar surface area (TPSA) is 304 Å². The lowest BCUT2D eigenvalue weighted by molar-refractivity contribution is -0.348. The molecule has 0 saturated carbocycles. The molecule has 1 amide bonds. The van der Waals surface area contributed by atoms with Crippen molar-refractivity contribution in [2.75, 3.05) is 26.4 Å². The Morgan fingerprint density at radius 1 is 0.517 bits per heavy atom. The van der Waals surface area contributed by atoms with Crippen LogP contribution in [0.25, 0.3) is 0 Å². The second-order valence-electron chi connectivity index (χ2n) is 25.3. The van der Waals surface area contributed by atoms with E-state index >= 15 is 0 Å². The highest BCUT2D eigenvalue weighted by atomic mass is 32.2. The molecular formula is C69H121NO18S. The summed E-state index contributed by atoms with van der Waals surface area (Å²) in [5, 5.41) is 111. The first kappa shape index (κ1) is 79.1. The molecular weight excluding hydrogens is 1160 g/mol. The van der Waals surface area contributed by atoms with Crippen LogP contribution in [0.3, 0.4) is 0 Å². The molecule has 0 aliphatic carbocycles. The normalized spacial score (nSPS) is 28.1. The third-order valence-corrected chi connectivity index (χ3v) is 19.3. The third kappa shape index (κ3) is 30.3. The van der Waals surface area contributed by atoms with E-state index in [4.69, 9.17) is 28.4 Å². The second kappa shape index (κ2) is 48.4. The molecule has 1 aromatic rings. The Balaban J connectivity index is 1.31. The van der Waals surface area contributed by atoms with Gasteiger partial charge in [-0.25, -0.2) is 4.79 Å². The van der Waals surface area contributed by atoms with Gasteiger partial charge in [0.1, 0.15) is 60.4 Å². The van der Waals surface area contributed by atoms with Gasteiger partial charge >= 0.3 is 5.97 Å². The van der Waals surface area contributed by atoms with Gasteiger partial charge < -0.3 is 84.8 Å². The van der Waals surface area contributed by atoms with E-state index in [-0.39, 0.29) is 24.5 Å². The Kier molecular flexibility index (Phi) is 43.0. The van der Waals surface area contributed by atoms with Gasteiger partial charge in [0.2, 0.25) is 5.91 Å². The smallest absolute Gasteiger partial charge is 0.338 e. The molecule has 4 rings (SSSR count). The number of hydrogen-bond acceptors (Lipinski definition) is 19.